The van der Waals surface area contributed by atoms with E-state index in [2.05, 4.69) is 17.2 Å². The summed E-state index contributed by atoms with van der Waals surface area (Å²) in [5, 5.41) is 4.76. The lowest BCUT2D eigenvalue weighted by Gasteiger charge is -2.04. The van der Waals surface area contributed by atoms with E-state index < -0.39 is 0 Å². The zero-order chi connectivity index (χ0) is 21.5. The van der Waals surface area contributed by atoms with Crippen LogP contribution >= 0.6 is 34.5 Å². The van der Waals surface area contributed by atoms with Crippen molar-refractivity contribution < 1.29 is 9.21 Å². The first-order valence-electron chi connectivity index (χ1n) is 9.70. The van der Waals surface area contributed by atoms with Gasteiger partial charge in [0.05, 0.1) is 5.02 Å². The van der Waals surface area contributed by atoms with Gasteiger partial charge in [-0.05, 0) is 60.5 Å². The number of aryl methyl sites for hydroxylation is 1. The van der Waals surface area contributed by atoms with E-state index in [1.165, 1.54) is 16.9 Å². The molecule has 0 bridgehead atoms. The predicted molar refractivity (Wildman–Crippen MR) is 129 cm³/mol. The number of aromatic nitrogens is 1. The molecule has 4 nitrogen and oxygen atoms in total. The zero-order valence-corrected chi connectivity index (χ0v) is 18.7. The molecule has 0 aliphatic rings. The van der Waals surface area contributed by atoms with Crippen LogP contribution in [0.4, 0.5) is 5.69 Å². The maximum atomic E-state index is 12.8. The largest absolute Gasteiger partial charge is 0.436 e. The Balaban J connectivity index is 1.38. The Morgan fingerprint density at radius 1 is 1.06 bits per heavy atom. The van der Waals surface area contributed by atoms with Gasteiger partial charge in [-0.15, -0.1) is 11.3 Å². The van der Waals surface area contributed by atoms with E-state index in [0.29, 0.717) is 26.5 Å². The number of anilines is 1. The topological polar surface area (TPSA) is 55.1 Å². The summed E-state index contributed by atoms with van der Waals surface area (Å²) >= 11 is 13.8. The van der Waals surface area contributed by atoms with Crippen LogP contribution in [-0.2, 0) is 6.42 Å². The van der Waals surface area contributed by atoms with Crippen molar-refractivity contribution in [3.05, 3.63) is 81.1 Å². The minimum absolute atomic E-state index is 0.260. The van der Waals surface area contributed by atoms with Gasteiger partial charge in [0.25, 0.3) is 5.91 Å². The van der Waals surface area contributed by atoms with Gasteiger partial charge in [0.15, 0.2) is 5.58 Å². The molecule has 0 atom stereocenters. The van der Waals surface area contributed by atoms with Gasteiger partial charge in [0.1, 0.15) is 10.4 Å². The molecule has 0 aliphatic carbocycles. The molecule has 0 spiro atoms. The van der Waals surface area contributed by atoms with Crippen molar-refractivity contribution in [3.63, 3.8) is 0 Å². The molecule has 0 aliphatic heterocycles. The first-order valence-corrected chi connectivity index (χ1v) is 11.3. The molecule has 0 radical (unpaired) electrons. The fraction of sp³-hybridized carbons (Fsp3) is 0.0833. The fourth-order valence-corrected chi connectivity index (χ4v) is 5.07. The number of carbonyl (C=O) groups excluding carboxylic acids is 1. The van der Waals surface area contributed by atoms with E-state index in [1.54, 1.807) is 6.07 Å². The third kappa shape index (κ3) is 3.81. The molecule has 3 aromatic carbocycles. The van der Waals surface area contributed by atoms with Gasteiger partial charge < -0.3 is 9.73 Å². The number of amides is 1. The molecule has 2 heterocycles. The van der Waals surface area contributed by atoms with Crippen LogP contribution in [0.15, 0.2) is 65.1 Å². The third-order valence-corrected chi connectivity index (χ3v) is 6.94. The first-order chi connectivity index (χ1) is 15.0. The Morgan fingerprint density at radius 2 is 1.87 bits per heavy atom. The molecule has 0 saturated carbocycles. The third-order valence-electron chi connectivity index (χ3n) is 5.05. The number of carbonyl (C=O) groups is 1. The second kappa shape index (κ2) is 8.00. The number of fused-ring (bicyclic) bond motifs is 2. The maximum absolute atomic E-state index is 12.8. The maximum Gasteiger partial charge on any atom is 0.267 e. The average molecular weight is 467 g/mol. The van der Waals surface area contributed by atoms with Crippen LogP contribution in [0.25, 0.3) is 32.6 Å². The second-order valence-electron chi connectivity index (χ2n) is 7.09. The van der Waals surface area contributed by atoms with Crippen LogP contribution in [0.3, 0.4) is 0 Å². The van der Waals surface area contributed by atoms with Crippen LogP contribution in [0.2, 0.25) is 10.0 Å². The van der Waals surface area contributed by atoms with Crippen LogP contribution < -0.4 is 5.32 Å². The molecule has 5 aromatic rings. The van der Waals surface area contributed by atoms with Crippen LogP contribution in [-0.4, -0.2) is 10.9 Å². The number of hydrogen-bond acceptors (Lipinski definition) is 4. The smallest absolute Gasteiger partial charge is 0.267 e. The molecular weight excluding hydrogens is 451 g/mol. The molecule has 0 fully saturated rings. The Kier molecular flexibility index (Phi) is 5.18. The van der Waals surface area contributed by atoms with Gasteiger partial charge in [0, 0.05) is 26.4 Å². The molecule has 5 rings (SSSR count). The van der Waals surface area contributed by atoms with Gasteiger partial charge in [-0.25, -0.2) is 4.98 Å². The molecule has 0 saturated heterocycles. The Morgan fingerprint density at radius 3 is 2.65 bits per heavy atom. The van der Waals surface area contributed by atoms with E-state index in [1.807, 2.05) is 54.6 Å². The highest BCUT2D eigenvalue weighted by atomic mass is 35.5. The molecule has 0 unspecified atom stereocenters. The summed E-state index contributed by atoms with van der Waals surface area (Å²) in [6, 6.07) is 18.8. The normalized spacial score (nSPS) is 11.3. The highest BCUT2D eigenvalue weighted by Gasteiger charge is 2.18. The highest BCUT2D eigenvalue weighted by molar-refractivity contribution is 7.21. The summed E-state index contributed by atoms with van der Waals surface area (Å²) < 4.78 is 6.75. The molecule has 31 heavy (non-hydrogen) atoms. The molecule has 2 aromatic heterocycles. The number of thiophene rings is 1. The Bertz CT molecular complexity index is 1440. The quantitative estimate of drug-likeness (QED) is 0.293. The summed E-state index contributed by atoms with van der Waals surface area (Å²) in [5.74, 6) is 0.287. The number of nitrogens with zero attached hydrogens (tertiary/aromatic N) is 1. The summed E-state index contributed by atoms with van der Waals surface area (Å²) in [6.45, 7) is 2.11. The number of nitrogens with one attached hydrogen (secondary N) is 1. The lowest BCUT2D eigenvalue weighted by Crippen LogP contribution is -2.10. The van der Waals surface area contributed by atoms with Crippen molar-refractivity contribution in [2.75, 3.05) is 5.32 Å². The molecule has 1 amide bonds. The van der Waals surface area contributed by atoms with E-state index in [4.69, 9.17) is 27.6 Å². The van der Waals surface area contributed by atoms with Crippen molar-refractivity contribution in [3.8, 4) is 11.5 Å². The van der Waals surface area contributed by atoms with Gasteiger partial charge in [-0.1, -0.05) is 42.3 Å². The summed E-state index contributed by atoms with van der Waals surface area (Å²) in [5.41, 5.74) is 4.30. The predicted octanol–water partition coefficient (Wildman–Crippen LogP) is 7.83. The van der Waals surface area contributed by atoms with Gasteiger partial charge >= 0.3 is 0 Å². The van der Waals surface area contributed by atoms with E-state index >= 15 is 0 Å². The minimum Gasteiger partial charge on any atom is -0.436 e. The van der Waals surface area contributed by atoms with Gasteiger partial charge in [-0.2, -0.15) is 0 Å². The summed E-state index contributed by atoms with van der Waals surface area (Å²) in [7, 11) is 0. The number of hydrogen-bond donors (Lipinski definition) is 1. The van der Waals surface area contributed by atoms with E-state index in [9.17, 15) is 4.79 Å². The average Bonchev–Trinajstić information content (AvgIpc) is 3.34. The minimum atomic E-state index is -0.260. The molecular formula is C24H16Cl2N2O2S. The summed E-state index contributed by atoms with van der Waals surface area (Å²) in [4.78, 5) is 17.8. The van der Waals surface area contributed by atoms with Crippen LogP contribution in [0.5, 0.6) is 0 Å². The number of rotatable bonds is 4. The highest BCUT2D eigenvalue weighted by Crippen LogP contribution is 2.37. The van der Waals surface area contributed by atoms with Crippen LogP contribution in [0, 0.1) is 0 Å². The Labute approximate surface area is 192 Å². The van der Waals surface area contributed by atoms with Crippen molar-refractivity contribution in [2.24, 2.45) is 0 Å². The molecule has 154 valence electrons. The van der Waals surface area contributed by atoms with E-state index in [-0.39, 0.29) is 5.91 Å². The van der Waals surface area contributed by atoms with Gasteiger partial charge in [-0.3, -0.25) is 4.79 Å². The number of oxazole rings is 1. The fourth-order valence-electron chi connectivity index (χ4n) is 3.39. The lowest BCUT2D eigenvalue weighted by atomic mass is 10.1. The lowest BCUT2D eigenvalue weighted by molar-refractivity contribution is 0.103. The Hall–Kier alpha value is -2.86. The van der Waals surface area contributed by atoms with Crippen molar-refractivity contribution >= 4 is 67.3 Å². The number of halogens is 2. The van der Waals surface area contributed by atoms with Crippen molar-refractivity contribution in [1.82, 2.24) is 4.98 Å². The van der Waals surface area contributed by atoms with Crippen molar-refractivity contribution in [1.29, 1.82) is 0 Å². The van der Waals surface area contributed by atoms with Crippen LogP contribution in [0.1, 0.15) is 22.2 Å². The number of benzene rings is 3. The van der Waals surface area contributed by atoms with Crippen molar-refractivity contribution in [2.45, 2.75) is 13.3 Å². The molecule has 7 heteroatoms. The summed E-state index contributed by atoms with van der Waals surface area (Å²) in [6.07, 6.45) is 0.948. The first kappa shape index (κ1) is 20.1. The molecule has 1 N–H and O–H groups in total. The second-order valence-corrected chi connectivity index (χ2v) is 8.96. The van der Waals surface area contributed by atoms with E-state index in [0.717, 1.165) is 33.2 Å². The SMILES string of the molecule is CCc1ccc2oc(-c3ccc(NC(=O)c4sc5cc(Cl)ccc5c4Cl)cc3)nc2c1. The zero-order valence-electron chi connectivity index (χ0n) is 16.4. The monoisotopic (exact) mass is 466 g/mol. The van der Waals surface area contributed by atoms with Gasteiger partial charge in [0.2, 0.25) is 5.89 Å². The standard InChI is InChI=1S/C24H16Cl2N2O2S/c1-2-13-3-10-19-18(11-13)28-24(30-19)14-4-7-16(8-5-14)27-23(29)22-21(26)17-9-6-15(25)12-20(17)31-22/h3-12H,2H2,1H3,(H,27,29).